The Kier molecular flexibility index (Phi) is 8.57. The molecule has 3 aromatic carbocycles. The lowest BCUT2D eigenvalue weighted by atomic mass is 10.1. The van der Waals surface area contributed by atoms with Gasteiger partial charge in [-0.3, -0.25) is 19.2 Å². The van der Waals surface area contributed by atoms with Gasteiger partial charge >= 0.3 is 0 Å². The monoisotopic (exact) mass is 486 g/mol. The van der Waals surface area contributed by atoms with Gasteiger partial charge in [0.2, 0.25) is 11.8 Å². The van der Waals surface area contributed by atoms with Gasteiger partial charge in [-0.1, -0.05) is 30.3 Å². The van der Waals surface area contributed by atoms with E-state index in [1.54, 1.807) is 94.9 Å². The summed E-state index contributed by atoms with van der Waals surface area (Å²) in [6.45, 7) is 0. The van der Waals surface area contributed by atoms with Crippen molar-refractivity contribution in [1.82, 2.24) is 9.80 Å². The molecule has 0 saturated carbocycles. The zero-order valence-corrected chi connectivity index (χ0v) is 20.9. The predicted molar refractivity (Wildman–Crippen MR) is 140 cm³/mol. The number of hydrogen-bond donors (Lipinski definition) is 2. The zero-order chi connectivity index (χ0) is 26.2. The minimum atomic E-state index is -0.350. The highest BCUT2D eigenvalue weighted by Gasteiger charge is 2.12. The number of rotatable bonds is 8. The van der Waals surface area contributed by atoms with Crippen LogP contribution in [0, 0.1) is 0 Å². The summed E-state index contributed by atoms with van der Waals surface area (Å²) < 4.78 is 0. The highest BCUT2D eigenvalue weighted by atomic mass is 16.2. The highest BCUT2D eigenvalue weighted by Crippen LogP contribution is 2.16. The summed E-state index contributed by atoms with van der Waals surface area (Å²) in [7, 11) is 6.82. The maximum atomic E-state index is 12.7. The lowest BCUT2D eigenvalue weighted by molar-refractivity contribution is -0.128. The molecule has 0 spiro atoms. The summed E-state index contributed by atoms with van der Waals surface area (Å²) in [5, 5.41) is 5.62. The first kappa shape index (κ1) is 26.2. The third-order valence-corrected chi connectivity index (χ3v) is 5.52. The number of likely N-dealkylation sites (N-methyl/N-ethyl adjacent to an activating group) is 2. The Hall–Kier alpha value is -4.46. The second-order valence-electron chi connectivity index (χ2n) is 8.81. The largest absolute Gasteiger partial charge is 0.349 e. The molecule has 0 aliphatic rings. The summed E-state index contributed by atoms with van der Waals surface area (Å²) in [4.78, 5) is 52.2. The van der Waals surface area contributed by atoms with Crippen LogP contribution >= 0.6 is 0 Å². The minimum Gasteiger partial charge on any atom is -0.349 e. The van der Waals surface area contributed by atoms with Crippen molar-refractivity contribution < 1.29 is 19.2 Å². The molecule has 0 unspecified atom stereocenters. The molecule has 0 aliphatic heterocycles. The van der Waals surface area contributed by atoms with Crippen LogP contribution in [0.5, 0.6) is 0 Å². The van der Waals surface area contributed by atoms with E-state index >= 15 is 0 Å². The van der Waals surface area contributed by atoms with Crippen molar-refractivity contribution in [1.29, 1.82) is 0 Å². The van der Waals surface area contributed by atoms with Crippen molar-refractivity contribution in [2.75, 3.05) is 38.8 Å². The molecule has 8 heteroatoms. The molecule has 0 atom stereocenters. The lowest BCUT2D eigenvalue weighted by Crippen LogP contribution is -2.23. The normalized spacial score (nSPS) is 10.3. The third-order valence-electron chi connectivity index (χ3n) is 5.52. The Morgan fingerprint density at radius 3 is 1.28 bits per heavy atom. The van der Waals surface area contributed by atoms with Crippen molar-refractivity contribution in [2.45, 2.75) is 12.8 Å². The molecule has 3 rings (SSSR count). The van der Waals surface area contributed by atoms with Crippen LogP contribution in [0.4, 0.5) is 11.4 Å². The molecule has 0 bridgehead atoms. The fourth-order valence-electron chi connectivity index (χ4n) is 3.29. The number of nitrogens with one attached hydrogen (secondary N) is 2. The second kappa shape index (κ2) is 11.8. The van der Waals surface area contributed by atoms with Crippen LogP contribution in [0.15, 0.2) is 72.8 Å². The van der Waals surface area contributed by atoms with Gasteiger partial charge in [-0.15, -0.1) is 0 Å². The van der Waals surface area contributed by atoms with E-state index in [0.717, 1.165) is 11.1 Å². The number of benzene rings is 3. The van der Waals surface area contributed by atoms with Gasteiger partial charge < -0.3 is 20.4 Å². The van der Waals surface area contributed by atoms with Crippen LogP contribution in [0.3, 0.4) is 0 Å². The summed E-state index contributed by atoms with van der Waals surface area (Å²) in [6.07, 6.45) is 0.574. The second-order valence-corrected chi connectivity index (χ2v) is 8.81. The molecule has 0 radical (unpaired) electrons. The molecular weight excluding hydrogens is 456 g/mol. The molecule has 186 valence electrons. The predicted octanol–water partition coefficient (Wildman–Crippen LogP) is 3.45. The van der Waals surface area contributed by atoms with Gasteiger partial charge in [0.15, 0.2) is 0 Å². The smallest absolute Gasteiger partial charge is 0.255 e. The first-order chi connectivity index (χ1) is 17.1. The van der Waals surface area contributed by atoms with Gasteiger partial charge in [0, 0.05) is 50.7 Å². The number of carbonyl (C=O) groups is 4. The number of amides is 4. The summed E-state index contributed by atoms with van der Waals surface area (Å²) in [5.41, 5.74) is 3.55. The quantitative estimate of drug-likeness (QED) is 0.510. The number of carbonyl (C=O) groups excluding carboxylic acids is 4. The van der Waals surface area contributed by atoms with Crippen LogP contribution in [-0.4, -0.2) is 61.6 Å². The molecule has 3 aromatic rings. The Morgan fingerprint density at radius 2 is 0.944 bits per heavy atom. The third kappa shape index (κ3) is 7.27. The molecule has 4 amide bonds. The van der Waals surface area contributed by atoms with Crippen LogP contribution < -0.4 is 10.6 Å². The Bertz CT molecular complexity index is 1150. The zero-order valence-electron chi connectivity index (χ0n) is 20.9. The summed E-state index contributed by atoms with van der Waals surface area (Å²) in [5.74, 6) is -0.706. The lowest BCUT2D eigenvalue weighted by Gasteiger charge is -2.11. The molecule has 2 N–H and O–H groups in total. The van der Waals surface area contributed by atoms with E-state index in [1.165, 1.54) is 15.9 Å². The molecular formula is C28H30N4O4. The first-order valence-corrected chi connectivity index (χ1v) is 11.4. The Balaban J connectivity index is 1.61. The molecule has 0 aromatic heterocycles. The van der Waals surface area contributed by atoms with Gasteiger partial charge in [0.05, 0.1) is 12.8 Å². The maximum Gasteiger partial charge on any atom is 0.255 e. The molecule has 36 heavy (non-hydrogen) atoms. The SMILES string of the molecule is CN(C)C(=O)Cc1ccc(NC(=O)c2cccc(C(=O)Nc3ccc(CC(=O)N(C)C)cc3)c2)cc1. The van der Waals surface area contributed by atoms with Gasteiger partial charge in [-0.2, -0.15) is 0 Å². The molecule has 0 aliphatic carbocycles. The van der Waals surface area contributed by atoms with Crippen molar-refractivity contribution in [3.05, 3.63) is 95.1 Å². The first-order valence-electron chi connectivity index (χ1n) is 11.4. The van der Waals surface area contributed by atoms with E-state index in [0.29, 0.717) is 22.5 Å². The average Bonchev–Trinajstić information content (AvgIpc) is 2.86. The van der Waals surface area contributed by atoms with Crippen LogP contribution in [0.2, 0.25) is 0 Å². The fourth-order valence-corrected chi connectivity index (χ4v) is 3.29. The van der Waals surface area contributed by atoms with Crippen molar-refractivity contribution in [2.24, 2.45) is 0 Å². The van der Waals surface area contributed by atoms with Crippen molar-refractivity contribution in [3.63, 3.8) is 0 Å². The molecule has 0 heterocycles. The molecule has 0 saturated heterocycles. The van der Waals surface area contributed by atoms with Crippen molar-refractivity contribution in [3.8, 4) is 0 Å². The maximum absolute atomic E-state index is 12.7. The Morgan fingerprint density at radius 1 is 0.583 bits per heavy atom. The average molecular weight is 487 g/mol. The summed E-state index contributed by atoms with van der Waals surface area (Å²) in [6, 6.07) is 20.6. The topological polar surface area (TPSA) is 98.8 Å². The van der Waals surface area contributed by atoms with Crippen molar-refractivity contribution >= 4 is 35.0 Å². The van der Waals surface area contributed by atoms with Crippen LogP contribution in [0.25, 0.3) is 0 Å². The van der Waals surface area contributed by atoms with Gasteiger partial charge in [-0.05, 0) is 53.6 Å². The van der Waals surface area contributed by atoms with Crippen LogP contribution in [0.1, 0.15) is 31.8 Å². The van der Waals surface area contributed by atoms with Crippen LogP contribution in [-0.2, 0) is 22.4 Å². The van der Waals surface area contributed by atoms with Gasteiger partial charge in [0.25, 0.3) is 11.8 Å². The van der Waals surface area contributed by atoms with E-state index in [-0.39, 0.29) is 36.5 Å². The fraction of sp³-hybridized carbons (Fsp3) is 0.214. The van der Waals surface area contributed by atoms with Gasteiger partial charge in [-0.25, -0.2) is 0 Å². The van der Waals surface area contributed by atoms with E-state index in [4.69, 9.17) is 0 Å². The van der Waals surface area contributed by atoms with E-state index < -0.39 is 0 Å². The number of hydrogen-bond acceptors (Lipinski definition) is 4. The molecule has 8 nitrogen and oxygen atoms in total. The number of anilines is 2. The highest BCUT2D eigenvalue weighted by molar-refractivity contribution is 6.08. The Labute approximate surface area is 210 Å². The van der Waals surface area contributed by atoms with E-state index in [1.807, 2.05) is 0 Å². The molecule has 0 fully saturated rings. The minimum absolute atomic E-state index is 0.00255. The van der Waals surface area contributed by atoms with E-state index in [2.05, 4.69) is 10.6 Å². The summed E-state index contributed by atoms with van der Waals surface area (Å²) >= 11 is 0. The number of nitrogens with zero attached hydrogens (tertiary/aromatic N) is 2. The van der Waals surface area contributed by atoms with E-state index in [9.17, 15) is 19.2 Å². The van der Waals surface area contributed by atoms with Gasteiger partial charge in [0.1, 0.15) is 0 Å². The standard InChI is InChI=1S/C28H30N4O4/c1-31(2)25(33)16-19-8-12-23(13-9-19)29-27(35)21-6-5-7-22(18-21)28(36)30-24-14-10-20(11-15-24)17-26(34)32(3)4/h5-15,18H,16-17H2,1-4H3,(H,29,35)(H,30,36).